The van der Waals surface area contributed by atoms with Gasteiger partial charge in [0.1, 0.15) is 16.7 Å². The summed E-state index contributed by atoms with van der Waals surface area (Å²) in [5.74, 6) is 0.506. The van der Waals surface area contributed by atoms with E-state index in [0.29, 0.717) is 39.4 Å². The molecule has 38 heavy (non-hydrogen) atoms. The van der Waals surface area contributed by atoms with Crippen molar-refractivity contribution in [3.63, 3.8) is 0 Å². The van der Waals surface area contributed by atoms with Gasteiger partial charge in [0.15, 0.2) is 0 Å². The Bertz CT molecular complexity index is 1520. The van der Waals surface area contributed by atoms with E-state index in [9.17, 15) is 13.2 Å². The standard InChI is InChI=1S/C27H27Cl2N5O3S/c1-17-8-10-19(11-9-17)24-25(29)33-26(32-24)23(14-18-6-4-3-5-7-18)31-27(35)30-16-20-15-21(28)12-13-22(20)34-38(2,36)37/h3-13,15,23,34H,14,16H2,1-2H3,(H,32,33)(H2,30,31,35)/t23-/m0/s1. The van der Waals surface area contributed by atoms with Gasteiger partial charge in [0.25, 0.3) is 0 Å². The van der Waals surface area contributed by atoms with Crippen molar-refractivity contribution < 1.29 is 13.2 Å². The molecule has 0 spiro atoms. The molecular weight excluding hydrogens is 545 g/mol. The molecule has 8 nitrogen and oxygen atoms in total. The Hall–Kier alpha value is -3.53. The summed E-state index contributed by atoms with van der Waals surface area (Å²) in [6.07, 6.45) is 1.52. The van der Waals surface area contributed by atoms with Crippen LogP contribution in [-0.2, 0) is 23.0 Å². The molecule has 1 aromatic heterocycles. The van der Waals surface area contributed by atoms with Crippen LogP contribution >= 0.6 is 23.2 Å². The third kappa shape index (κ3) is 7.50. The Morgan fingerprint density at radius 1 is 1.03 bits per heavy atom. The average Bonchev–Trinajstić information content (AvgIpc) is 3.25. The molecule has 4 aromatic rings. The van der Waals surface area contributed by atoms with Crippen LogP contribution in [0, 0.1) is 6.92 Å². The highest BCUT2D eigenvalue weighted by Gasteiger charge is 2.22. The second-order valence-corrected chi connectivity index (χ2v) is 11.5. The van der Waals surface area contributed by atoms with Crippen LogP contribution < -0.4 is 15.4 Å². The highest BCUT2D eigenvalue weighted by Crippen LogP contribution is 2.29. The molecule has 2 amide bonds. The molecule has 198 valence electrons. The molecule has 11 heteroatoms. The third-order valence-corrected chi connectivity index (χ3v) is 6.82. The Morgan fingerprint density at radius 3 is 2.42 bits per heavy atom. The van der Waals surface area contributed by atoms with Crippen molar-refractivity contribution in [3.8, 4) is 11.3 Å². The van der Waals surface area contributed by atoms with Crippen LogP contribution in [0.2, 0.25) is 10.2 Å². The summed E-state index contributed by atoms with van der Waals surface area (Å²) in [7, 11) is -3.51. The van der Waals surface area contributed by atoms with Gasteiger partial charge in [-0.25, -0.2) is 18.2 Å². The first-order chi connectivity index (χ1) is 18.1. The van der Waals surface area contributed by atoms with Gasteiger partial charge < -0.3 is 15.6 Å². The number of H-pyrrole nitrogens is 1. The van der Waals surface area contributed by atoms with E-state index in [1.54, 1.807) is 18.2 Å². The van der Waals surface area contributed by atoms with Gasteiger partial charge in [-0.3, -0.25) is 4.72 Å². The van der Waals surface area contributed by atoms with Crippen LogP contribution in [0.25, 0.3) is 11.3 Å². The van der Waals surface area contributed by atoms with Gasteiger partial charge in [-0.2, -0.15) is 0 Å². The first-order valence-electron chi connectivity index (χ1n) is 11.7. The van der Waals surface area contributed by atoms with Gasteiger partial charge in [0.2, 0.25) is 10.0 Å². The topological polar surface area (TPSA) is 116 Å². The van der Waals surface area contributed by atoms with Gasteiger partial charge in [-0.05, 0) is 42.7 Å². The number of nitrogens with zero attached hydrogens (tertiary/aromatic N) is 1. The van der Waals surface area contributed by atoms with Gasteiger partial charge in [0.05, 0.1) is 18.0 Å². The van der Waals surface area contributed by atoms with Crippen LogP contribution in [0.3, 0.4) is 0 Å². The zero-order chi connectivity index (χ0) is 27.3. The molecule has 0 bridgehead atoms. The van der Waals surface area contributed by atoms with Crippen molar-refractivity contribution in [2.75, 3.05) is 11.0 Å². The fourth-order valence-corrected chi connectivity index (χ4v) is 4.94. The predicted molar refractivity (Wildman–Crippen MR) is 152 cm³/mol. The van der Waals surface area contributed by atoms with Crippen molar-refractivity contribution in [1.29, 1.82) is 0 Å². The quantitative estimate of drug-likeness (QED) is 0.202. The number of hydrogen-bond donors (Lipinski definition) is 4. The molecule has 0 aliphatic heterocycles. The molecule has 4 N–H and O–H groups in total. The zero-order valence-corrected chi connectivity index (χ0v) is 23.1. The van der Waals surface area contributed by atoms with Crippen LogP contribution in [-0.4, -0.2) is 30.7 Å². The highest BCUT2D eigenvalue weighted by molar-refractivity contribution is 7.92. The second kappa shape index (κ2) is 11.9. The monoisotopic (exact) mass is 571 g/mol. The highest BCUT2D eigenvalue weighted by atomic mass is 35.5. The summed E-state index contributed by atoms with van der Waals surface area (Å²) in [4.78, 5) is 20.8. The number of aromatic amines is 1. The van der Waals surface area contributed by atoms with Crippen LogP contribution in [0.1, 0.15) is 28.6 Å². The van der Waals surface area contributed by atoms with E-state index in [2.05, 4.69) is 20.3 Å². The molecule has 0 fully saturated rings. The lowest BCUT2D eigenvalue weighted by Gasteiger charge is -2.18. The Kier molecular flexibility index (Phi) is 8.61. The largest absolute Gasteiger partial charge is 0.334 e. The van der Waals surface area contributed by atoms with E-state index in [4.69, 9.17) is 28.2 Å². The first-order valence-corrected chi connectivity index (χ1v) is 14.4. The van der Waals surface area contributed by atoms with Gasteiger partial charge >= 0.3 is 6.03 Å². The van der Waals surface area contributed by atoms with Crippen molar-refractivity contribution in [2.24, 2.45) is 0 Å². The number of amides is 2. The van der Waals surface area contributed by atoms with Gasteiger partial charge in [-0.1, -0.05) is 83.4 Å². The van der Waals surface area contributed by atoms with E-state index in [1.807, 2.05) is 61.5 Å². The Morgan fingerprint density at radius 2 is 1.74 bits per heavy atom. The summed E-state index contributed by atoms with van der Waals surface area (Å²) in [6, 6.07) is 21.3. The third-order valence-electron chi connectivity index (χ3n) is 5.72. The van der Waals surface area contributed by atoms with Crippen molar-refractivity contribution >= 4 is 44.9 Å². The lowest BCUT2D eigenvalue weighted by molar-refractivity contribution is 0.236. The molecule has 1 atom stereocenters. The number of rotatable bonds is 9. The number of carbonyl (C=O) groups excluding carboxylic acids is 1. The molecule has 0 aliphatic rings. The average molecular weight is 573 g/mol. The summed E-state index contributed by atoms with van der Waals surface area (Å²) >= 11 is 12.6. The number of nitrogens with one attached hydrogen (secondary N) is 4. The number of halogens is 2. The molecular formula is C27H27Cl2N5O3S. The summed E-state index contributed by atoms with van der Waals surface area (Å²) in [6.45, 7) is 2.04. The normalized spacial score (nSPS) is 12.1. The lowest BCUT2D eigenvalue weighted by Crippen LogP contribution is -2.39. The van der Waals surface area contributed by atoms with E-state index in [1.165, 1.54) is 0 Å². The molecule has 0 aliphatic carbocycles. The molecule has 0 radical (unpaired) electrons. The number of imidazole rings is 1. The molecule has 3 aromatic carbocycles. The van der Waals surface area contributed by atoms with Crippen LogP contribution in [0.5, 0.6) is 0 Å². The minimum Gasteiger partial charge on any atom is -0.334 e. The lowest BCUT2D eigenvalue weighted by atomic mass is 10.1. The second-order valence-electron chi connectivity index (χ2n) is 8.90. The zero-order valence-electron chi connectivity index (χ0n) is 20.8. The number of anilines is 1. The summed E-state index contributed by atoms with van der Waals surface area (Å²) in [5, 5.41) is 6.53. The van der Waals surface area contributed by atoms with E-state index in [0.717, 1.165) is 22.9 Å². The van der Waals surface area contributed by atoms with Crippen LogP contribution in [0.15, 0.2) is 72.8 Å². The number of aryl methyl sites for hydroxylation is 1. The molecule has 1 heterocycles. The van der Waals surface area contributed by atoms with Gasteiger partial charge in [0, 0.05) is 17.1 Å². The van der Waals surface area contributed by atoms with Gasteiger partial charge in [-0.15, -0.1) is 0 Å². The number of sulfonamides is 1. The first kappa shape index (κ1) is 27.5. The number of hydrogen-bond acceptors (Lipinski definition) is 4. The SMILES string of the molecule is Cc1ccc(-c2nc([C@H](Cc3ccccc3)NC(=O)NCc3cc(Cl)ccc3NS(C)(=O)=O)[nH]c2Cl)cc1. The number of aromatic nitrogens is 2. The van der Waals surface area contributed by atoms with E-state index >= 15 is 0 Å². The minimum atomic E-state index is -3.51. The van der Waals surface area contributed by atoms with Crippen molar-refractivity contribution in [1.82, 2.24) is 20.6 Å². The molecule has 0 saturated carbocycles. The Labute approximate surface area is 231 Å². The maximum atomic E-state index is 13.0. The van der Waals surface area contributed by atoms with Crippen LogP contribution in [0.4, 0.5) is 10.5 Å². The van der Waals surface area contributed by atoms with Crippen molar-refractivity contribution in [3.05, 3.63) is 105 Å². The smallest absolute Gasteiger partial charge is 0.315 e. The fraction of sp³-hybridized carbons (Fsp3) is 0.185. The predicted octanol–water partition coefficient (Wildman–Crippen LogP) is 5.85. The number of carbonyl (C=O) groups is 1. The van der Waals surface area contributed by atoms with E-state index in [-0.39, 0.29) is 6.54 Å². The molecule has 4 rings (SSSR count). The molecule has 0 unspecified atom stereocenters. The maximum absolute atomic E-state index is 13.0. The number of urea groups is 1. The fourth-order valence-electron chi connectivity index (χ4n) is 3.90. The summed E-state index contributed by atoms with van der Waals surface area (Å²) < 4.78 is 25.9. The number of benzene rings is 3. The van der Waals surface area contributed by atoms with Crippen molar-refractivity contribution in [2.45, 2.75) is 25.9 Å². The summed E-state index contributed by atoms with van der Waals surface area (Å²) in [5.41, 5.74) is 4.42. The minimum absolute atomic E-state index is 0.0375. The maximum Gasteiger partial charge on any atom is 0.315 e. The Balaban J connectivity index is 1.55. The molecule has 0 saturated heterocycles. The van der Waals surface area contributed by atoms with E-state index < -0.39 is 22.1 Å².